The van der Waals surface area contributed by atoms with E-state index < -0.39 is 11.2 Å². The zero-order valence-electron chi connectivity index (χ0n) is 10.1. The largest absolute Gasteiger partial charge is 0.328 e. The molecule has 0 amide bonds. The first kappa shape index (κ1) is 13.8. The third-order valence-electron chi connectivity index (χ3n) is 2.39. The maximum absolute atomic E-state index is 11.9. The molecule has 1 heterocycles. The lowest BCUT2D eigenvalue weighted by Gasteiger charge is -2.13. The molecule has 6 heteroatoms. The van der Waals surface area contributed by atoms with Crippen molar-refractivity contribution in [3.05, 3.63) is 32.6 Å². The summed E-state index contributed by atoms with van der Waals surface area (Å²) in [7, 11) is 0. The number of nitrogens with one attached hydrogen (secondary N) is 1. The maximum Gasteiger partial charge on any atom is 0.328 e. The molecule has 1 unspecified atom stereocenters. The summed E-state index contributed by atoms with van der Waals surface area (Å²) >= 11 is 1.65. The van der Waals surface area contributed by atoms with Gasteiger partial charge in [-0.1, -0.05) is 6.92 Å². The first-order chi connectivity index (χ1) is 7.99. The normalized spacial score (nSPS) is 12.4. The van der Waals surface area contributed by atoms with E-state index in [0.29, 0.717) is 5.75 Å². The molecule has 94 valence electrons. The molecule has 5 nitrogen and oxygen atoms in total. The van der Waals surface area contributed by atoms with Gasteiger partial charge < -0.3 is 4.98 Å². The van der Waals surface area contributed by atoms with Crippen molar-refractivity contribution in [3.8, 4) is 0 Å². The lowest BCUT2D eigenvalue weighted by molar-refractivity contribution is 0.101. The molecule has 1 N–H and O–H groups in total. The van der Waals surface area contributed by atoms with Gasteiger partial charge in [-0.25, -0.2) is 4.79 Å². The van der Waals surface area contributed by atoms with Crippen LogP contribution in [0.5, 0.6) is 0 Å². The van der Waals surface area contributed by atoms with Crippen LogP contribution >= 0.6 is 11.8 Å². The molecular formula is C11H16N2O3S. The van der Waals surface area contributed by atoms with Crippen LogP contribution in [0.3, 0.4) is 0 Å². The van der Waals surface area contributed by atoms with Crippen molar-refractivity contribution in [1.29, 1.82) is 0 Å². The Morgan fingerprint density at radius 1 is 1.53 bits per heavy atom. The molecular weight excluding hydrogens is 240 g/mol. The van der Waals surface area contributed by atoms with Crippen LogP contribution in [0.1, 0.15) is 37.2 Å². The van der Waals surface area contributed by atoms with Gasteiger partial charge in [0.2, 0.25) is 0 Å². The topological polar surface area (TPSA) is 71.9 Å². The number of hydrogen-bond acceptors (Lipinski definition) is 4. The Balaban J connectivity index is 3.23. The number of thioether (sulfide) groups is 1. The predicted octanol–water partition coefficient (Wildman–Crippen LogP) is 1.05. The van der Waals surface area contributed by atoms with Crippen LogP contribution < -0.4 is 11.2 Å². The Bertz CT molecular complexity index is 518. The lowest BCUT2D eigenvalue weighted by atomic mass is 10.2. The number of aromatic amines is 1. The number of H-pyrrole nitrogens is 1. The predicted molar refractivity (Wildman–Crippen MR) is 69.0 cm³/mol. The van der Waals surface area contributed by atoms with Crippen molar-refractivity contribution in [3.63, 3.8) is 0 Å². The van der Waals surface area contributed by atoms with E-state index in [1.165, 1.54) is 13.1 Å². The van der Waals surface area contributed by atoms with Gasteiger partial charge in [-0.15, -0.1) is 0 Å². The second-order valence-corrected chi connectivity index (χ2v) is 5.07. The fourth-order valence-electron chi connectivity index (χ4n) is 1.50. The summed E-state index contributed by atoms with van der Waals surface area (Å²) in [5.41, 5.74) is -0.951. The molecule has 0 saturated heterocycles. The summed E-state index contributed by atoms with van der Waals surface area (Å²) in [5, 5.41) is 0. The smallest absolute Gasteiger partial charge is 0.313 e. The Labute approximate surface area is 103 Å². The van der Waals surface area contributed by atoms with Gasteiger partial charge in [-0.2, -0.15) is 11.8 Å². The van der Waals surface area contributed by atoms with E-state index in [-0.39, 0.29) is 17.4 Å². The molecule has 0 saturated carbocycles. The van der Waals surface area contributed by atoms with E-state index in [4.69, 9.17) is 0 Å². The first-order valence-corrected chi connectivity index (χ1v) is 6.57. The van der Waals surface area contributed by atoms with Crippen LogP contribution in [0, 0.1) is 0 Å². The molecule has 0 spiro atoms. The second kappa shape index (κ2) is 5.86. The molecule has 1 atom stereocenters. The van der Waals surface area contributed by atoms with Gasteiger partial charge in [-0.3, -0.25) is 14.2 Å². The third-order valence-corrected chi connectivity index (χ3v) is 3.52. The zero-order chi connectivity index (χ0) is 13.0. The number of Topliss-reactive ketones (excluding diaryl/α,β-unsaturated/α-hetero) is 1. The van der Waals surface area contributed by atoms with Gasteiger partial charge in [0.25, 0.3) is 5.56 Å². The highest BCUT2D eigenvalue weighted by molar-refractivity contribution is 7.99. The van der Waals surface area contributed by atoms with E-state index >= 15 is 0 Å². The zero-order valence-corrected chi connectivity index (χ0v) is 11.0. The number of rotatable bonds is 5. The minimum atomic E-state index is -0.509. The highest BCUT2D eigenvalue weighted by Gasteiger charge is 2.15. The fourth-order valence-corrected chi connectivity index (χ4v) is 2.23. The Kier molecular flexibility index (Phi) is 4.74. The highest BCUT2D eigenvalue weighted by Crippen LogP contribution is 2.09. The van der Waals surface area contributed by atoms with Crippen molar-refractivity contribution >= 4 is 17.5 Å². The van der Waals surface area contributed by atoms with Crippen molar-refractivity contribution < 1.29 is 4.79 Å². The van der Waals surface area contributed by atoms with Crippen molar-refractivity contribution in [1.82, 2.24) is 9.55 Å². The second-order valence-electron chi connectivity index (χ2n) is 3.75. The Morgan fingerprint density at radius 3 is 2.71 bits per heavy atom. The Morgan fingerprint density at radius 2 is 2.18 bits per heavy atom. The Hall–Kier alpha value is -1.30. The van der Waals surface area contributed by atoms with Crippen LogP contribution in [-0.2, 0) is 0 Å². The first-order valence-electron chi connectivity index (χ1n) is 5.42. The van der Waals surface area contributed by atoms with Gasteiger partial charge >= 0.3 is 5.69 Å². The van der Waals surface area contributed by atoms with Crippen molar-refractivity contribution in [2.24, 2.45) is 0 Å². The van der Waals surface area contributed by atoms with Crippen LogP contribution in [0.2, 0.25) is 0 Å². The number of carbonyl (C=O) groups excluding carboxylic acids is 1. The minimum absolute atomic E-state index is 0.0259. The van der Waals surface area contributed by atoms with E-state index in [1.807, 2.05) is 6.92 Å². The average Bonchev–Trinajstić information content (AvgIpc) is 2.25. The quantitative estimate of drug-likeness (QED) is 0.799. The molecule has 1 aromatic rings. The molecule has 0 aromatic carbocycles. The number of hydrogen-bond donors (Lipinski definition) is 1. The SMILES string of the molecule is CCSCC(C)n1c(=O)[nH]cc(C(C)=O)c1=O. The van der Waals surface area contributed by atoms with Crippen LogP contribution in [0.15, 0.2) is 15.8 Å². The van der Waals surface area contributed by atoms with Crippen LogP contribution in [0.25, 0.3) is 0 Å². The molecule has 17 heavy (non-hydrogen) atoms. The van der Waals surface area contributed by atoms with E-state index in [2.05, 4.69) is 4.98 Å². The number of ketones is 1. The molecule has 0 aliphatic rings. The average molecular weight is 256 g/mol. The van der Waals surface area contributed by atoms with Crippen molar-refractivity contribution in [2.45, 2.75) is 26.8 Å². The molecule has 1 aromatic heterocycles. The summed E-state index contributed by atoms with van der Waals surface area (Å²) in [4.78, 5) is 37.2. The van der Waals surface area contributed by atoms with Gasteiger partial charge in [0.15, 0.2) is 5.78 Å². The molecule has 1 rings (SSSR count). The van der Waals surface area contributed by atoms with Gasteiger partial charge in [-0.05, 0) is 19.6 Å². The summed E-state index contributed by atoms with van der Waals surface area (Å²) in [6, 6.07) is -0.226. The van der Waals surface area contributed by atoms with Crippen molar-refractivity contribution in [2.75, 3.05) is 11.5 Å². The fraction of sp³-hybridized carbons (Fsp3) is 0.545. The molecule has 0 bridgehead atoms. The number of aromatic nitrogens is 2. The molecule has 0 radical (unpaired) electrons. The monoisotopic (exact) mass is 256 g/mol. The van der Waals surface area contributed by atoms with E-state index in [9.17, 15) is 14.4 Å². The molecule has 0 aliphatic heterocycles. The summed E-state index contributed by atoms with van der Waals surface area (Å²) in [5.74, 6) is 1.25. The maximum atomic E-state index is 11.9. The van der Waals surface area contributed by atoms with E-state index in [1.54, 1.807) is 18.7 Å². The summed E-state index contributed by atoms with van der Waals surface area (Å²) < 4.78 is 1.11. The number of nitrogens with zero attached hydrogens (tertiary/aromatic N) is 1. The number of carbonyl (C=O) groups is 1. The lowest BCUT2D eigenvalue weighted by Crippen LogP contribution is -2.40. The highest BCUT2D eigenvalue weighted by atomic mass is 32.2. The minimum Gasteiger partial charge on any atom is -0.313 e. The van der Waals surface area contributed by atoms with Crippen LogP contribution in [-0.4, -0.2) is 26.8 Å². The summed E-state index contributed by atoms with van der Waals surface area (Å²) in [6.45, 7) is 5.12. The van der Waals surface area contributed by atoms with Gasteiger partial charge in [0, 0.05) is 18.0 Å². The van der Waals surface area contributed by atoms with Crippen LogP contribution in [0.4, 0.5) is 0 Å². The van der Waals surface area contributed by atoms with Gasteiger partial charge in [0.05, 0.1) is 5.56 Å². The molecule has 0 aliphatic carbocycles. The summed E-state index contributed by atoms with van der Waals surface area (Å²) in [6.07, 6.45) is 1.18. The standard InChI is InChI=1S/C11H16N2O3S/c1-4-17-6-7(2)13-10(15)9(8(3)14)5-12-11(13)16/h5,7H,4,6H2,1-3H3,(H,12,16). The molecule has 0 fully saturated rings. The van der Waals surface area contributed by atoms with Gasteiger partial charge in [0.1, 0.15) is 0 Å². The third kappa shape index (κ3) is 3.09. The van der Waals surface area contributed by atoms with E-state index in [0.717, 1.165) is 10.3 Å².